The van der Waals surface area contributed by atoms with E-state index in [1.165, 1.54) is 5.57 Å². The molecule has 3 nitrogen and oxygen atoms in total. The minimum atomic E-state index is -1.86. The fourth-order valence-corrected chi connectivity index (χ4v) is 7.98. The van der Waals surface area contributed by atoms with Gasteiger partial charge < -0.3 is 4.43 Å². The summed E-state index contributed by atoms with van der Waals surface area (Å²) < 4.78 is 6.86. The molecular weight excluding hydrogens is 376 g/mol. The van der Waals surface area contributed by atoms with Gasteiger partial charge in [0, 0.05) is 30.3 Å². The number of hydrogen-bond acceptors (Lipinski definition) is 3. The van der Waals surface area contributed by atoms with Crippen LogP contribution in [0.3, 0.4) is 0 Å². The van der Waals surface area contributed by atoms with Gasteiger partial charge in [-0.1, -0.05) is 33.3 Å². The van der Waals surface area contributed by atoms with Gasteiger partial charge >= 0.3 is 0 Å². The van der Waals surface area contributed by atoms with E-state index in [0.29, 0.717) is 35.7 Å². The van der Waals surface area contributed by atoms with Crippen LogP contribution in [-0.2, 0) is 14.0 Å². The lowest BCUT2D eigenvalue weighted by atomic mass is 9.47. The molecule has 0 spiro atoms. The molecule has 4 aliphatic rings. The van der Waals surface area contributed by atoms with Gasteiger partial charge in [0.15, 0.2) is 14.1 Å². The first-order valence-corrected chi connectivity index (χ1v) is 14.7. The highest BCUT2D eigenvalue weighted by Crippen LogP contribution is 2.64. The van der Waals surface area contributed by atoms with Gasteiger partial charge in [0.1, 0.15) is 5.78 Å². The van der Waals surface area contributed by atoms with Gasteiger partial charge in [0.25, 0.3) is 0 Å². The molecule has 4 aliphatic carbocycles. The standard InChI is InChI=1S/C25H40O3Si/c1-23(2,3)29(5,6)28-16-25-14-11-18(26)15-17(25)7-8-19-20-9-10-22(27)24(20,4)13-12-21(19)25/h15,19-21H,7-14,16H2,1-6H3/t19-,20?,21?,24-,25+/m0/s1. The van der Waals surface area contributed by atoms with Crippen LogP contribution in [0.2, 0.25) is 18.1 Å². The van der Waals surface area contributed by atoms with Gasteiger partial charge in [-0.2, -0.15) is 0 Å². The summed E-state index contributed by atoms with van der Waals surface area (Å²) in [5, 5.41) is 0.190. The normalized spacial score (nSPS) is 40.2. The average molecular weight is 417 g/mol. The van der Waals surface area contributed by atoms with Crippen molar-refractivity contribution in [3.8, 4) is 0 Å². The Balaban J connectivity index is 1.68. The lowest BCUT2D eigenvalue weighted by molar-refractivity contribution is -0.133. The summed E-state index contributed by atoms with van der Waals surface area (Å²) in [6.07, 6.45) is 9.78. The van der Waals surface area contributed by atoms with Crippen LogP contribution in [0.5, 0.6) is 0 Å². The molecule has 2 unspecified atom stereocenters. The van der Waals surface area contributed by atoms with Crippen molar-refractivity contribution in [2.45, 2.75) is 97.2 Å². The van der Waals surface area contributed by atoms with Crippen molar-refractivity contribution in [3.05, 3.63) is 11.6 Å². The predicted molar refractivity (Wildman–Crippen MR) is 119 cm³/mol. The second kappa shape index (κ2) is 6.88. The van der Waals surface area contributed by atoms with Crippen LogP contribution >= 0.6 is 0 Å². The van der Waals surface area contributed by atoms with Crippen LogP contribution in [0, 0.1) is 28.6 Å². The first kappa shape index (κ1) is 21.5. The van der Waals surface area contributed by atoms with Crippen LogP contribution in [0.1, 0.15) is 79.1 Å². The average Bonchev–Trinajstić information content (AvgIpc) is 2.94. The zero-order valence-corrected chi connectivity index (χ0v) is 20.4. The van der Waals surface area contributed by atoms with Gasteiger partial charge in [-0.15, -0.1) is 0 Å². The Hall–Kier alpha value is -0.743. The van der Waals surface area contributed by atoms with Crippen LogP contribution in [0.15, 0.2) is 11.6 Å². The molecule has 0 aliphatic heterocycles. The zero-order chi connectivity index (χ0) is 21.2. The molecule has 0 aromatic rings. The molecule has 5 atom stereocenters. The van der Waals surface area contributed by atoms with E-state index in [-0.39, 0.29) is 15.9 Å². The monoisotopic (exact) mass is 416 g/mol. The van der Waals surface area contributed by atoms with Crippen molar-refractivity contribution < 1.29 is 14.0 Å². The molecule has 0 N–H and O–H groups in total. The first-order chi connectivity index (χ1) is 13.4. The molecule has 3 saturated carbocycles. The van der Waals surface area contributed by atoms with E-state index in [2.05, 4.69) is 40.8 Å². The Bertz CT molecular complexity index is 746. The number of ketones is 2. The fraction of sp³-hybridized carbons (Fsp3) is 0.840. The van der Waals surface area contributed by atoms with E-state index in [1.807, 2.05) is 6.08 Å². The van der Waals surface area contributed by atoms with Crippen LogP contribution in [-0.4, -0.2) is 26.5 Å². The lowest BCUT2D eigenvalue weighted by Gasteiger charge is -2.58. The molecule has 0 heterocycles. The molecule has 0 aromatic heterocycles. The van der Waals surface area contributed by atoms with Crippen molar-refractivity contribution in [1.29, 1.82) is 0 Å². The molecule has 0 aromatic carbocycles. The van der Waals surface area contributed by atoms with Crippen molar-refractivity contribution in [1.82, 2.24) is 0 Å². The first-order valence-electron chi connectivity index (χ1n) is 11.8. The third kappa shape index (κ3) is 3.24. The largest absolute Gasteiger partial charge is 0.416 e. The Morgan fingerprint density at radius 1 is 1.03 bits per heavy atom. The summed E-state index contributed by atoms with van der Waals surface area (Å²) in [5.41, 5.74) is 1.31. The summed E-state index contributed by atoms with van der Waals surface area (Å²) in [6, 6.07) is 0. The molecule has 162 valence electrons. The van der Waals surface area contributed by atoms with Gasteiger partial charge in [0.2, 0.25) is 0 Å². The SMILES string of the molecule is CC(C)(C)[Si](C)(C)OC[C@]12CCC(=O)C=C1CC[C@@H]1C2CC[C@]2(C)C(=O)CCC12. The summed E-state index contributed by atoms with van der Waals surface area (Å²) in [5.74, 6) is 2.54. The highest BCUT2D eigenvalue weighted by molar-refractivity contribution is 6.74. The maximum atomic E-state index is 12.7. The van der Waals surface area contributed by atoms with E-state index in [9.17, 15) is 9.59 Å². The molecule has 4 heteroatoms. The Morgan fingerprint density at radius 3 is 2.45 bits per heavy atom. The third-order valence-corrected chi connectivity index (χ3v) is 14.4. The van der Waals surface area contributed by atoms with E-state index in [4.69, 9.17) is 4.43 Å². The maximum Gasteiger partial charge on any atom is 0.192 e. The summed E-state index contributed by atoms with van der Waals surface area (Å²) in [7, 11) is -1.86. The summed E-state index contributed by atoms with van der Waals surface area (Å²) in [6.45, 7) is 14.6. The van der Waals surface area contributed by atoms with E-state index < -0.39 is 8.32 Å². The number of hydrogen-bond donors (Lipinski definition) is 0. The van der Waals surface area contributed by atoms with Crippen molar-refractivity contribution in [3.63, 3.8) is 0 Å². The predicted octanol–water partition coefficient (Wildman–Crippen LogP) is 6.09. The zero-order valence-electron chi connectivity index (χ0n) is 19.4. The Morgan fingerprint density at radius 2 is 1.76 bits per heavy atom. The van der Waals surface area contributed by atoms with Crippen molar-refractivity contribution in [2.75, 3.05) is 6.61 Å². The summed E-state index contributed by atoms with van der Waals surface area (Å²) in [4.78, 5) is 25.0. The quantitative estimate of drug-likeness (QED) is 0.523. The molecule has 29 heavy (non-hydrogen) atoms. The minimum absolute atomic E-state index is 0.0271. The molecule has 4 rings (SSSR count). The second-order valence-electron chi connectivity index (χ2n) is 12.2. The number of rotatable bonds is 3. The van der Waals surface area contributed by atoms with Crippen molar-refractivity contribution >= 4 is 19.9 Å². The van der Waals surface area contributed by atoms with Gasteiger partial charge in [-0.3, -0.25) is 9.59 Å². The van der Waals surface area contributed by atoms with E-state index >= 15 is 0 Å². The van der Waals surface area contributed by atoms with Gasteiger partial charge in [-0.25, -0.2) is 0 Å². The lowest BCUT2D eigenvalue weighted by Crippen LogP contribution is -2.55. The van der Waals surface area contributed by atoms with E-state index in [0.717, 1.165) is 51.6 Å². The molecule has 0 radical (unpaired) electrons. The van der Waals surface area contributed by atoms with Crippen LogP contribution in [0.25, 0.3) is 0 Å². The molecule has 0 amide bonds. The molecular formula is C25H40O3Si. The highest BCUT2D eigenvalue weighted by Gasteiger charge is 2.60. The second-order valence-corrected chi connectivity index (χ2v) is 17.0. The number of carbonyl (C=O) groups excluding carboxylic acids is 2. The molecule has 0 saturated heterocycles. The molecule has 3 fully saturated rings. The van der Waals surface area contributed by atoms with E-state index in [1.54, 1.807) is 0 Å². The smallest absolute Gasteiger partial charge is 0.192 e. The number of carbonyl (C=O) groups is 2. The fourth-order valence-electron chi connectivity index (χ4n) is 6.93. The topological polar surface area (TPSA) is 43.4 Å². The molecule has 0 bridgehead atoms. The maximum absolute atomic E-state index is 12.7. The minimum Gasteiger partial charge on any atom is -0.416 e. The summed E-state index contributed by atoms with van der Waals surface area (Å²) >= 11 is 0. The van der Waals surface area contributed by atoms with Gasteiger partial charge in [0.05, 0.1) is 0 Å². The van der Waals surface area contributed by atoms with Crippen LogP contribution in [0.4, 0.5) is 0 Å². The Labute approximate surface area is 178 Å². The third-order valence-electron chi connectivity index (χ3n) is 9.89. The van der Waals surface area contributed by atoms with Crippen molar-refractivity contribution in [2.24, 2.45) is 28.6 Å². The van der Waals surface area contributed by atoms with Crippen LogP contribution < -0.4 is 0 Å². The number of fused-ring (bicyclic) bond motifs is 5. The highest BCUT2D eigenvalue weighted by atomic mass is 28.4. The Kier molecular flexibility index (Phi) is 5.10. The number of Topliss-reactive ketones (excluding diaryl/α,β-unsaturated/α-hetero) is 1. The van der Waals surface area contributed by atoms with Gasteiger partial charge in [-0.05, 0) is 80.5 Å².